The molecule has 0 radical (unpaired) electrons. The van der Waals surface area contributed by atoms with Crippen molar-refractivity contribution in [2.24, 2.45) is 0 Å². The van der Waals surface area contributed by atoms with Crippen LogP contribution in [-0.4, -0.2) is 49.3 Å². The molecule has 3 aliphatic rings. The van der Waals surface area contributed by atoms with E-state index in [4.69, 9.17) is 23.7 Å². The zero-order valence-electron chi connectivity index (χ0n) is 15.9. The predicted octanol–water partition coefficient (Wildman–Crippen LogP) is 1.16. The molecule has 1 aliphatic carbocycles. The third-order valence-electron chi connectivity index (χ3n) is 5.65. The molecule has 1 N–H and O–H groups in total. The van der Waals surface area contributed by atoms with Crippen LogP contribution in [0, 0.1) is 0 Å². The number of phenolic OH excluding ortho intramolecular Hbond substituents is 1. The van der Waals surface area contributed by atoms with E-state index in [-0.39, 0.29) is 22.6 Å². The molecule has 1 fully saturated rings. The molecule has 5 rings (SSSR count). The summed E-state index contributed by atoms with van der Waals surface area (Å²) in [4.78, 5) is 38.6. The van der Waals surface area contributed by atoms with Gasteiger partial charge in [0.15, 0.2) is 12.2 Å². The Kier molecular flexibility index (Phi) is 3.74. The number of phenols is 1. The monoisotopic (exact) mass is 412 g/mol. The highest BCUT2D eigenvalue weighted by molar-refractivity contribution is 6.10. The number of methoxy groups -OCH3 is 2. The van der Waals surface area contributed by atoms with Crippen LogP contribution in [0.2, 0.25) is 0 Å². The van der Waals surface area contributed by atoms with Gasteiger partial charge in [0.25, 0.3) is 5.79 Å². The second-order valence-corrected chi connectivity index (χ2v) is 7.08. The molecule has 2 aromatic rings. The van der Waals surface area contributed by atoms with Gasteiger partial charge in [0, 0.05) is 22.8 Å². The number of benzene rings is 2. The number of esters is 2. The number of carbonyl (C=O) groups excluding carboxylic acids is 3. The zero-order chi connectivity index (χ0) is 21.3. The second kappa shape index (κ2) is 6.04. The van der Waals surface area contributed by atoms with E-state index in [1.54, 1.807) is 24.3 Å². The lowest BCUT2D eigenvalue weighted by molar-refractivity contribution is -0.350. The Morgan fingerprint density at radius 2 is 1.63 bits per heavy atom. The van der Waals surface area contributed by atoms with Crippen molar-refractivity contribution in [3.05, 3.63) is 59.2 Å². The summed E-state index contributed by atoms with van der Waals surface area (Å²) in [5.41, 5.74) is -1.05. The van der Waals surface area contributed by atoms with Gasteiger partial charge >= 0.3 is 11.9 Å². The molecular weight excluding hydrogens is 396 g/mol. The second-order valence-electron chi connectivity index (χ2n) is 7.08. The number of ether oxygens (including phenoxy) is 5. The van der Waals surface area contributed by atoms with Crippen molar-refractivity contribution in [1.82, 2.24) is 0 Å². The van der Waals surface area contributed by atoms with Gasteiger partial charge in [-0.15, -0.1) is 0 Å². The Hall–Kier alpha value is -3.43. The van der Waals surface area contributed by atoms with E-state index in [2.05, 4.69) is 0 Å². The molecule has 0 amide bonds. The first-order valence-electron chi connectivity index (χ1n) is 9.07. The molecule has 30 heavy (non-hydrogen) atoms. The highest BCUT2D eigenvalue weighted by atomic mass is 16.8. The van der Waals surface area contributed by atoms with E-state index >= 15 is 0 Å². The van der Waals surface area contributed by atoms with Crippen LogP contribution >= 0.6 is 0 Å². The molecule has 9 heteroatoms. The van der Waals surface area contributed by atoms with Gasteiger partial charge in [-0.3, -0.25) is 4.79 Å². The van der Waals surface area contributed by atoms with E-state index in [1.165, 1.54) is 18.2 Å². The Morgan fingerprint density at radius 1 is 0.967 bits per heavy atom. The molecule has 9 nitrogen and oxygen atoms in total. The molecule has 1 saturated heterocycles. The Bertz CT molecular complexity index is 1110. The van der Waals surface area contributed by atoms with Gasteiger partial charge in [-0.1, -0.05) is 24.3 Å². The van der Waals surface area contributed by atoms with Gasteiger partial charge < -0.3 is 28.8 Å². The summed E-state index contributed by atoms with van der Waals surface area (Å²) in [5.74, 6) is -4.17. The van der Waals surface area contributed by atoms with Gasteiger partial charge in [0.1, 0.15) is 11.5 Å². The molecule has 2 aromatic carbocycles. The summed E-state index contributed by atoms with van der Waals surface area (Å²) in [6, 6.07) is 10.7. The van der Waals surface area contributed by atoms with Gasteiger partial charge in [0.05, 0.1) is 14.2 Å². The van der Waals surface area contributed by atoms with Crippen LogP contribution in [-0.2, 0) is 39.9 Å². The molecule has 4 atom stereocenters. The largest absolute Gasteiger partial charge is 0.508 e. The van der Waals surface area contributed by atoms with Crippen molar-refractivity contribution in [2.75, 3.05) is 14.2 Å². The van der Waals surface area contributed by atoms with E-state index < -0.39 is 41.3 Å². The minimum absolute atomic E-state index is 0.104. The summed E-state index contributed by atoms with van der Waals surface area (Å²) < 4.78 is 27.9. The van der Waals surface area contributed by atoms with Crippen molar-refractivity contribution >= 4 is 17.7 Å². The summed E-state index contributed by atoms with van der Waals surface area (Å²) in [6.45, 7) is 0. The van der Waals surface area contributed by atoms with E-state index in [0.717, 1.165) is 14.2 Å². The Labute approximate surface area is 170 Å². The number of aromatic hydroxyl groups is 1. The number of Topliss-reactive ketones (excluding diaryl/α,β-unsaturated/α-hetero) is 1. The highest BCUT2D eigenvalue weighted by Gasteiger charge is 2.78. The maximum Gasteiger partial charge on any atom is 0.338 e. The van der Waals surface area contributed by atoms with Crippen LogP contribution in [0.5, 0.6) is 11.5 Å². The van der Waals surface area contributed by atoms with Crippen LogP contribution in [0.15, 0.2) is 42.5 Å². The maximum atomic E-state index is 13.7. The number of hydrogen-bond acceptors (Lipinski definition) is 9. The molecular formula is C21H16O9. The van der Waals surface area contributed by atoms with Crippen LogP contribution < -0.4 is 4.74 Å². The maximum absolute atomic E-state index is 13.7. The van der Waals surface area contributed by atoms with Crippen LogP contribution in [0.3, 0.4) is 0 Å². The predicted molar refractivity (Wildman–Crippen MR) is 96.6 cm³/mol. The molecule has 2 aliphatic heterocycles. The van der Waals surface area contributed by atoms with Gasteiger partial charge in [-0.25, -0.2) is 9.59 Å². The number of carbonyl (C=O) groups is 3. The molecule has 4 unspecified atom stereocenters. The number of ketones is 1. The minimum Gasteiger partial charge on any atom is -0.508 e. The first-order valence-corrected chi connectivity index (χ1v) is 9.07. The van der Waals surface area contributed by atoms with E-state index in [9.17, 15) is 19.5 Å². The lowest BCUT2D eigenvalue weighted by Gasteiger charge is -2.46. The molecule has 0 bridgehead atoms. The van der Waals surface area contributed by atoms with E-state index in [1.807, 2.05) is 0 Å². The topological polar surface area (TPSA) is 118 Å². The fraction of sp³-hybridized carbons (Fsp3) is 0.286. The lowest BCUT2D eigenvalue weighted by Crippen LogP contribution is -2.65. The molecule has 2 heterocycles. The van der Waals surface area contributed by atoms with Crippen molar-refractivity contribution in [3.63, 3.8) is 0 Å². The summed E-state index contributed by atoms with van der Waals surface area (Å²) >= 11 is 0. The summed E-state index contributed by atoms with van der Waals surface area (Å²) in [5, 5.41) is 9.91. The zero-order valence-corrected chi connectivity index (χ0v) is 15.9. The third kappa shape index (κ3) is 2.00. The van der Waals surface area contributed by atoms with Crippen LogP contribution in [0.1, 0.15) is 21.5 Å². The van der Waals surface area contributed by atoms with Gasteiger partial charge in [-0.05, 0) is 12.1 Å². The first-order chi connectivity index (χ1) is 14.4. The van der Waals surface area contributed by atoms with Crippen LogP contribution in [0.4, 0.5) is 0 Å². The van der Waals surface area contributed by atoms with Gasteiger partial charge in [0.2, 0.25) is 11.4 Å². The normalized spacial score (nSPS) is 30.4. The molecule has 0 spiro atoms. The number of rotatable bonds is 2. The smallest absolute Gasteiger partial charge is 0.338 e. The fourth-order valence-electron chi connectivity index (χ4n) is 4.40. The van der Waals surface area contributed by atoms with Gasteiger partial charge in [-0.2, -0.15) is 0 Å². The number of hydrogen-bond donors (Lipinski definition) is 1. The fourth-order valence-corrected chi connectivity index (χ4v) is 4.40. The lowest BCUT2D eigenvalue weighted by atomic mass is 9.84. The standard InChI is InChI=1S/C21H16O9/c1-26-18(24)15-16(19(25)27-2)30-21-12-6-4-3-5-11(12)17(23)20(21,29-15)13-8-7-10(22)9-14(13)28-21/h3-9,15-16,22H,1-2H3. The Morgan fingerprint density at radius 3 is 2.33 bits per heavy atom. The van der Waals surface area contributed by atoms with E-state index in [0.29, 0.717) is 5.56 Å². The Balaban J connectivity index is 1.80. The minimum atomic E-state index is -1.91. The van der Waals surface area contributed by atoms with Crippen molar-refractivity contribution < 1.29 is 43.2 Å². The molecule has 0 saturated carbocycles. The summed E-state index contributed by atoms with van der Waals surface area (Å²) in [6.07, 6.45) is -3.14. The summed E-state index contributed by atoms with van der Waals surface area (Å²) in [7, 11) is 2.26. The molecule has 154 valence electrons. The average molecular weight is 412 g/mol. The molecule has 0 aromatic heterocycles. The van der Waals surface area contributed by atoms with Crippen LogP contribution in [0.25, 0.3) is 0 Å². The average Bonchev–Trinajstić information content (AvgIpc) is 3.17. The third-order valence-corrected chi connectivity index (χ3v) is 5.65. The number of fused-ring (bicyclic) bond motifs is 2. The van der Waals surface area contributed by atoms with Crippen molar-refractivity contribution in [3.8, 4) is 11.5 Å². The first kappa shape index (κ1) is 18.6. The highest BCUT2D eigenvalue weighted by Crippen LogP contribution is 2.64. The SMILES string of the molecule is COC(=O)C1OC23Oc4cc(O)ccc4C2(OC1C(=O)OC)C(=O)c1ccccc13. The quantitative estimate of drug-likeness (QED) is 0.725. The van der Waals surface area contributed by atoms with Crippen molar-refractivity contribution in [1.29, 1.82) is 0 Å². The van der Waals surface area contributed by atoms with Crippen molar-refractivity contribution in [2.45, 2.75) is 23.6 Å².